The highest BCUT2D eigenvalue weighted by molar-refractivity contribution is 7.99. The van der Waals surface area contributed by atoms with E-state index in [1.54, 1.807) is 37.5 Å². The van der Waals surface area contributed by atoms with Crippen LogP contribution in [-0.4, -0.2) is 33.8 Å². The van der Waals surface area contributed by atoms with Gasteiger partial charge in [0.05, 0.1) is 22.6 Å². The van der Waals surface area contributed by atoms with Crippen molar-refractivity contribution in [1.29, 1.82) is 0 Å². The van der Waals surface area contributed by atoms with Crippen LogP contribution in [0.1, 0.15) is 12.5 Å². The van der Waals surface area contributed by atoms with Crippen LogP contribution in [0.5, 0.6) is 0 Å². The van der Waals surface area contributed by atoms with Crippen molar-refractivity contribution in [2.45, 2.75) is 17.0 Å². The van der Waals surface area contributed by atoms with E-state index in [0.29, 0.717) is 15.6 Å². The fourth-order valence-corrected chi connectivity index (χ4v) is 2.40. The maximum absolute atomic E-state index is 11.2. The Bertz CT molecular complexity index is 754. The number of hydrogen-bond donors (Lipinski definition) is 1. The third kappa shape index (κ3) is 5.02. The van der Waals surface area contributed by atoms with Crippen molar-refractivity contribution in [2.75, 3.05) is 6.61 Å². The van der Waals surface area contributed by atoms with Gasteiger partial charge >= 0.3 is 6.09 Å². The van der Waals surface area contributed by atoms with E-state index < -0.39 is 11.0 Å². The first-order valence-electron chi connectivity index (χ1n) is 6.79. The van der Waals surface area contributed by atoms with Gasteiger partial charge in [0.2, 0.25) is 0 Å². The van der Waals surface area contributed by atoms with Gasteiger partial charge in [-0.1, -0.05) is 6.07 Å². The molecule has 1 aromatic carbocycles. The average molecular weight is 347 g/mol. The second kappa shape index (κ2) is 8.58. The summed E-state index contributed by atoms with van der Waals surface area (Å²) in [6.45, 7) is 1.89. The number of benzene rings is 1. The second-order valence-electron chi connectivity index (χ2n) is 4.21. The van der Waals surface area contributed by atoms with Crippen molar-refractivity contribution in [2.24, 2.45) is 5.10 Å². The van der Waals surface area contributed by atoms with E-state index in [9.17, 15) is 14.9 Å². The summed E-state index contributed by atoms with van der Waals surface area (Å²) >= 11 is 1.09. The van der Waals surface area contributed by atoms with Crippen LogP contribution < -0.4 is 5.43 Å². The number of nitrogens with zero attached hydrogens (tertiary/aromatic N) is 4. The summed E-state index contributed by atoms with van der Waals surface area (Å²) in [5, 5.41) is 15.3. The van der Waals surface area contributed by atoms with Crippen molar-refractivity contribution in [3.05, 3.63) is 52.3 Å². The molecule has 0 spiro atoms. The maximum Gasteiger partial charge on any atom is 0.427 e. The molecule has 0 aliphatic carbocycles. The molecular weight excluding hydrogens is 334 g/mol. The van der Waals surface area contributed by atoms with Gasteiger partial charge in [-0.25, -0.2) is 20.2 Å². The second-order valence-corrected chi connectivity index (χ2v) is 5.22. The fraction of sp³-hybridized carbons (Fsp3) is 0.143. The Hall–Kier alpha value is -3.01. The van der Waals surface area contributed by atoms with Crippen molar-refractivity contribution >= 4 is 29.8 Å². The molecule has 24 heavy (non-hydrogen) atoms. The zero-order valence-electron chi connectivity index (χ0n) is 12.6. The van der Waals surface area contributed by atoms with Gasteiger partial charge in [0.25, 0.3) is 5.69 Å². The van der Waals surface area contributed by atoms with E-state index in [2.05, 4.69) is 25.2 Å². The Labute approximate surface area is 141 Å². The van der Waals surface area contributed by atoms with Gasteiger partial charge < -0.3 is 4.74 Å². The number of nitro groups is 1. The predicted molar refractivity (Wildman–Crippen MR) is 87.0 cm³/mol. The summed E-state index contributed by atoms with van der Waals surface area (Å²) in [6.07, 6.45) is 3.71. The minimum absolute atomic E-state index is 0.104. The number of aromatic nitrogens is 2. The molecular formula is C14H13N5O4S. The molecule has 0 saturated carbocycles. The highest BCUT2D eigenvalue weighted by atomic mass is 32.2. The van der Waals surface area contributed by atoms with Crippen molar-refractivity contribution in [3.63, 3.8) is 0 Å². The number of hydrazone groups is 1. The molecule has 0 bridgehead atoms. The summed E-state index contributed by atoms with van der Waals surface area (Å²) in [5.74, 6) is 0. The number of carbonyl (C=O) groups is 1. The topological polar surface area (TPSA) is 120 Å². The van der Waals surface area contributed by atoms with Crippen LogP contribution in [0.3, 0.4) is 0 Å². The molecule has 2 rings (SSSR count). The van der Waals surface area contributed by atoms with Crippen LogP contribution in [0.2, 0.25) is 0 Å². The van der Waals surface area contributed by atoms with Crippen LogP contribution in [0, 0.1) is 10.1 Å². The first kappa shape index (κ1) is 17.3. The number of rotatable bonds is 6. The Morgan fingerprint density at radius 1 is 1.46 bits per heavy atom. The largest absolute Gasteiger partial charge is 0.449 e. The Morgan fingerprint density at radius 3 is 2.88 bits per heavy atom. The van der Waals surface area contributed by atoms with E-state index in [1.165, 1.54) is 12.3 Å². The van der Waals surface area contributed by atoms with E-state index in [1.807, 2.05) is 0 Å². The number of ether oxygens (including phenoxy) is 1. The number of hydrogen-bond acceptors (Lipinski definition) is 8. The molecule has 0 aliphatic rings. The predicted octanol–water partition coefficient (Wildman–Crippen LogP) is 2.62. The lowest BCUT2D eigenvalue weighted by Crippen LogP contribution is -2.18. The number of carbonyl (C=O) groups excluding carboxylic acids is 1. The van der Waals surface area contributed by atoms with Gasteiger partial charge in [-0.2, -0.15) is 5.10 Å². The molecule has 2 aromatic rings. The summed E-state index contributed by atoms with van der Waals surface area (Å²) in [4.78, 5) is 30.3. The SMILES string of the molecule is CCOC(=O)NN=Cc1ccc(Sc2ncccn2)c([N+](=O)[O-])c1. The van der Waals surface area contributed by atoms with E-state index in [4.69, 9.17) is 0 Å². The van der Waals surface area contributed by atoms with Gasteiger partial charge in [0.1, 0.15) is 0 Å². The van der Waals surface area contributed by atoms with Gasteiger partial charge in [0, 0.05) is 24.0 Å². The van der Waals surface area contributed by atoms with E-state index >= 15 is 0 Å². The highest BCUT2D eigenvalue weighted by Crippen LogP contribution is 2.33. The molecule has 124 valence electrons. The molecule has 1 heterocycles. The Balaban J connectivity index is 2.16. The monoisotopic (exact) mass is 347 g/mol. The van der Waals surface area contributed by atoms with Crippen LogP contribution in [0.25, 0.3) is 0 Å². The van der Waals surface area contributed by atoms with Crippen molar-refractivity contribution in [1.82, 2.24) is 15.4 Å². The first-order chi connectivity index (χ1) is 11.6. The molecule has 0 atom stereocenters. The lowest BCUT2D eigenvalue weighted by atomic mass is 10.2. The lowest BCUT2D eigenvalue weighted by molar-refractivity contribution is -0.387. The first-order valence-corrected chi connectivity index (χ1v) is 7.61. The van der Waals surface area contributed by atoms with E-state index in [0.717, 1.165) is 11.8 Å². The zero-order valence-corrected chi connectivity index (χ0v) is 13.4. The van der Waals surface area contributed by atoms with Crippen LogP contribution in [-0.2, 0) is 4.74 Å². The van der Waals surface area contributed by atoms with Crippen molar-refractivity contribution in [3.8, 4) is 0 Å². The van der Waals surface area contributed by atoms with Gasteiger partial charge in [-0.15, -0.1) is 0 Å². The molecule has 1 N–H and O–H groups in total. The molecule has 10 heteroatoms. The van der Waals surface area contributed by atoms with Crippen molar-refractivity contribution < 1.29 is 14.5 Å². The molecule has 0 unspecified atom stereocenters. The minimum atomic E-state index is -0.698. The molecule has 0 aliphatic heterocycles. The fourth-order valence-electron chi connectivity index (χ4n) is 1.60. The average Bonchev–Trinajstić information content (AvgIpc) is 2.57. The molecule has 0 fully saturated rings. The third-order valence-electron chi connectivity index (χ3n) is 2.57. The number of nitro benzene ring substituents is 1. The van der Waals surface area contributed by atoms with Gasteiger partial charge in [-0.05, 0) is 30.8 Å². The zero-order chi connectivity index (χ0) is 17.4. The standard InChI is InChI=1S/C14H13N5O4S/c1-2-23-14(20)18-17-9-10-4-5-12(11(8-10)19(21)22)24-13-15-6-3-7-16-13/h3-9H,2H2,1H3,(H,18,20). The van der Waals surface area contributed by atoms with Crippen LogP contribution in [0.15, 0.2) is 51.8 Å². The lowest BCUT2D eigenvalue weighted by Gasteiger charge is -2.03. The molecule has 0 radical (unpaired) electrons. The minimum Gasteiger partial charge on any atom is -0.449 e. The highest BCUT2D eigenvalue weighted by Gasteiger charge is 2.16. The van der Waals surface area contributed by atoms with Crippen LogP contribution >= 0.6 is 11.8 Å². The van der Waals surface area contributed by atoms with Gasteiger partial charge in [-0.3, -0.25) is 10.1 Å². The van der Waals surface area contributed by atoms with Crippen LogP contribution in [0.4, 0.5) is 10.5 Å². The molecule has 9 nitrogen and oxygen atoms in total. The molecule has 0 saturated heterocycles. The molecule has 1 amide bonds. The Morgan fingerprint density at radius 2 is 2.21 bits per heavy atom. The quantitative estimate of drug-likeness (QED) is 0.369. The van der Waals surface area contributed by atoms with E-state index in [-0.39, 0.29) is 12.3 Å². The molecule has 1 aromatic heterocycles. The summed E-state index contributed by atoms with van der Waals surface area (Å²) in [5.41, 5.74) is 2.50. The summed E-state index contributed by atoms with van der Waals surface area (Å²) in [7, 11) is 0. The maximum atomic E-state index is 11.2. The normalized spacial score (nSPS) is 10.5. The summed E-state index contributed by atoms with van der Waals surface area (Å²) < 4.78 is 4.64. The third-order valence-corrected chi connectivity index (χ3v) is 3.53. The smallest absolute Gasteiger partial charge is 0.427 e. The Kier molecular flexibility index (Phi) is 6.20. The number of amides is 1. The summed E-state index contributed by atoms with van der Waals surface area (Å²) in [6, 6.07) is 6.22. The number of nitrogens with one attached hydrogen (secondary N) is 1. The van der Waals surface area contributed by atoms with Gasteiger partial charge in [0.15, 0.2) is 5.16 Å².